The zero-order valence-electron chi connectivity index (χ0n) is 11.5. The number of rotatable bonds is 2. The van der Waals surface area contributed by atoms with Crippen molar-refractivity contribution in [3.05, 3.63) is 12.2 Å². The largest absolute Gasteiger partial charge is 0.480 e. The number of carbonyl (C=O) groups is 2. The molecule has 10 nitrogen and oxygen atoms in total. The highest BCUT2D eigenvalue weighted by molar-refractivity contribution is 5.96. The highest BCUT2D eigenvalue weighted by Crippen LogP contribution is 2.63. The molecule has 0 saturated carbocycles. The van der Waals surface area contributed by atoms with Gasteiger partial charge >= 0.3 is 11.9 Å². The van der Waals surface area contributed by atoms with Crippen LogP contribution in [0.25, 0.3) is 0 Å². The van der Waals surface area contributed by atoms with Crippen LogP contribution in [0.4, 0.5) is 0 Å². The number of carboxylic acids is 2. The third-order valence-electron chi connectivity index (χ3n) is 4.02. The lowest BCUT2D eigenvalue weighted by Crippen LogP contribution is -2.65. The van der Waals surface area contributed by atoms with E-state index >= 15 is 0 Å². The molecule has 0 heterocycles. The number of nitrogens with zero attached hydrogens (tertiary/aromatic N) is 6. The average Bonchev–Trinajstić information content (AvgIpc) is 2.59. The quantitative estimate of drug-likeness (QED) is 0.638. The summed E-state index contributed by atoms with van der Waals surface area (Å²) < 4.78 is 0. The van der Waals surface area contributed by atoms with Crippen LogP contribution in [0.1, 0.15) is 0 Å². The van der Waals surface area contributed by atoms with Gasteiger partial charge in [0.05, 0.1) is 36.4 Å². The van der Waals surface area contributed by atoms with E-state index in [0.29, 0.717) is 12.2 Å². The maximum Gasteiger partial charge on any atom is 0.330 e. The molecular formula is C14H4N6O4. The Morgan fingerprint density at radius 3 is 1.46 bits per heavy atom. The number of nitriles is 6. The molecule has 10 heteroatoms. The van der Waals surface area contributed by atoms with Crippen LogP contribution in [0, 0.1) is 89.6 Å². The van der Waals surface area contributed by atoms with Crippen molar-refractivity contribution in [1.82, 2.24) is 0 Å². The Bertz CT molecular complexity index is 897. The minimum absolute atomic E-state index is 0.395. The Labute approximate surface area is 134 Å². The number of allylic oxidation sites excluding steroid dienone is 1. The average molecular weight is 320 g/mol. The Morgan fingerprint density at radius 1 is 0.708 bits per heavy atom. The molecule has 0 radical (unpaired) electrons. The summed E-state index contributed by atoms with van der Waals surface area (Å²) in [5.74, 6) is -4.42. The van der Waals surface area contributed by atoms with Crippen LogP contribution in [0.2, 0.25) is 0 Å². The van der Waals surface area contributed by atoms with E-state index in [-0.39, 0.29) is 0 Å². The van der Waals surface area contributed by atoms with Crippen LogP contribution in [-0.4, -0.2) is 22.2 Å². The fraction of sp³-hybridized carbons (Fsp3) is 0.286. The monoisotopic (exact) mass is 320 g/mol. The van der Waals surface area contributed by atoms with E-state index in [2.05, 4.69) is 0 Å². The zero-order chi connectivity index (χ0) is 18.8. The zero-order valence-corrected chi connectivity index (χ0v) is 11.5. The second kappa shape index (κ2) is 5.11. The standard InChI is InChI=1S/C14H4N6O4/c15-3-11(4-16)1-2-12(5-17,9(21)22)14(8-20,10(23)24)13(11,6-18)7-19/h1-2H,(H,21,22)(H,23,24). The molecule has 24 heavy (non-hydrogen) atoms. The predicted molar refractivity (Wildman–Crippen MR) is 67.8 cm³/mol. The Morgan fingerprint density at radius 2 is 1.21 bits per heavy atom. The lowest BCUT2D eigenvalue weighted by Gasteiger charge is -2.47. The van der Waals surface area contributed by atoms with Crippen molar-refractivity contribution in [3.63, 3.8) is 0 Å². The van der Waals surface area contributed by atoms with Crippen molar-refractivity contribution in [3.8, 4) is 36.4 Å². The maximum absolute atomic E-state index is 11.8. The fourth-order valence-electron chi connectivity index (χ4n) is 2.68. The molecule has 0 bridgehead atoms. The third kappa shape index (κ3) is 1.37. The van der Waals surface area contributed by atoms with E-state index in [0.717, 1.165) is 24.3 Å². The van der Waals surface area contributed by atoms with Crippen molar-refractivity contribution in [2.75, 3.05) is 0 Å². The number of aliphatic carboxylic acids is 2. The van der Waals surface area contributed by atoms with Crippen molar-refractivity contribution in [1.29, 1.82) is 31.6 Å². The van der Waals surface area contributed by atoms with Crippen molar-refractivity contribution in [2.24, 2.45) is 21.7 Å². The summed E-state index contributed by atoms with van der Waals surface area (Å²) in [6.07, 6.45) is 0.904. The van der Waals surface area contributed by atoms with Gasteiger partial charge in [0, 0.05) is 0 Å². The summed E-state index contributed by atoms with van der Waals surface area (Å²) in [4.78, 5) is 23.5. The van der Waals surface area contributed by atoms with Gasteiger partial charge in [-0.1, -0.05) is 6.08 Å². The summed E-state index contributed by atoms with van der Waals surface area (Å²) in [5.41, 5.74) is -12.8. The Kier molecular flexibility index (Phi) is 3.77. The van der Waals surface area contributed by atoms with Gasteiger partial charge in [-0.2, -0.15) is 31.6 Å². The number of carboxylic acid groups (broad SMARTS) is 2. The van der Waals surface area contributed by atoms with Gasteiger partial charge in [0.2, 0.25) is 16.2 Å². The minimum Gasteiger partial charge on any atom is -0.480 e. The molecule has 0 aromatic rings. The minimum atomic E-state index is -3.54. The molecule has 2 unspecified atom stereocenters. The molecule has 1 rings (SSSR count). The second-order valence-corrected chi connectivity index (χ2v) is 4.73. The molecule has 0 spiro atoms. The fourth-order valence-corrected chi connectivity index (χ4v) is 2.68. The van der Waals surface area contributed by atoms with Crippen LogP contribution in [0.5, 0.6) is 0 Å². The van der Waals surface area contributed by atoms with Crippen LogP contribution in [0.15, 0.2) is 12.2 Å². The summed E-state index contributed by atoms with van der Waals surface area (Å²) in [5, 5.41) is 75.1. The molecule has 2 atom stereocenters. The topological polar surface area (TPSA) is 217 Å². The van der Waals surface area contributed by atoms with E-state index in [1.54, 1.807) is 0 Å². The predicted octanol–water partition coefficient (Wildman–Crippen LogP) is -0.188. The number of hydrogen-bond donors (Lipinski definition) is 2. The molecule has 0 aromatic carbocycles. The normalized spacial score (nSPS) is 28.4. The number of hydrogen-bond acceptors (Lipinski definition) is 8. The van der Waals surface area contributed by atoms with Gasteiger partial charge in [-0.15, -0.1) is 0 Å². The van der Waals surface area contributed by atoms with E-state index < -0.39 is 33.6 Å². The molecular weight excluding hydrogens is 316 g/mol. The van der Waals surface area contributed by atoms with E-state index in [9.17, 15) is 51.4 Å². The van der Waals surface area contributed by atoms with Crippen LogP contribution in [0.3, 0.4) is 0 Å². The molecule has 0 fully saturated rings. The van der Waals surface area contributed by atoms with Gasteiger partial charge in [0.15, 0.2) is 5.41 Å². The molecule has 114 valence electrons. The van der Waals surface area contributed by atoms with E-state index in [4.69, 9.17) is 0 Å². The molecule has 0 saturated heterocycles. The van der Waals surface area contributed by atoms with Crippen LogP contribution >= 0.6 is 0 Å². The lowest BCUT2D eigenvalue weighted by atomic mass is 9.42. The second-order valence-electron chi connectivity index (χ2n) is 4.73. The van der Waals surface area contributed by atoms with Gasteiger partial charge in [-0.25, -0.2) is 0 Å². The molecule has 2 N–H and O–H groups in total. The Hall–Kier alpha value is -4.38. The summed E-state index contributed by atoms with van der Waals surface area (Å²) in [6.45, 7) is 0. The SMILES string of the molecule is N#CC1(C#N)C=CC(C#N)(C(=O)O)C(C#N)(C(=O)O)C1(C#N)C#N. The highest BCUT2D eigenvalue weighted by Gasteiger charge is 2.82. The first-order chi connectivity index (χ1) is 11.2. The van der Waals surface area contributed by atoms with Gasteiger partial charge in [-0.3, -0.25) is 9.59 Å². The smallest absolute Gasteiger partial charge is 0.330 e. The molecule has 1 aliphatic carbocycles. The molecule has 0 aromatic heterocycles. The lowest BCUT2D eigenvalue weighted by molar-refractivity contribution is -0.168. The summed E-state index contributed by atoms with van der Waals surface area (Å²) in [7, 11) is 0. The first kappa shape index (κ1) is 17.7. The van der Waals surface area contributed by atoms with Crippen LogP contribution < -0.4 is 0 Å². The van der Waals surface area contributed by atoms with E-state index in [1.165, 1.54) is 12.1 Å². The first-order valence-corrected chi connectivity index (χ1v) is 5.86. The van der Waals surface area contributed by atoms with Gasteiger partial charge in [-0.05, 0) is 6.08 Å². The molecule has 0 amide bonds. The van der Waals surface area contributed by atoms with Crippen molar-refractivity contribution < 1.29 is 19.8 Å². The van der Waals surface area contributed by atoms with Gasteiger partial charge in [0.1, 0.15) is 0 Å². The van der Waals surface area contributed by atoms with E-state index in [1.807, 2.05) is 0 Å². The first-order valence-electron chi connectivity index (χ1n) is 5.86. The highest BCUT2D eigenvalue weighted by atomic mass is 16.4. The van der Waals surface area contributed by atoms with Crippen LogP contribution in [-0.2, 0) is 9.59 Å². The third-order valence-corrected chi connectivity index (χ3v) is 4.02. The summed E-state index contributed by atoms with van der Waals surface area (Å²) in [6, 6.07) is 7.09. The summed E-state index contributed by atoms with van der Waals surface area (Å²) >= 11 is 0. The van der Waals surface area contributed by atoms with Crippen molar-refractivity contribution >= 4 is 11.9 Å². The molecule has 1 aliphatic rings. The van der Waals surface area contributed by atoms with Crippen molar-refractivity contribution in [2.45, 2.75) is 0 Å². The molecule has 0 aliphatic heterocycles. The van der Waals surface area contributed by atoms with Gasteiger partial charge < -0.3 is 10.2 Å². The Balaban J connectivity index is 4.43. The maximum atomic E-state index is 11.8. The van der Waals surface area contributed by atoms with Gasteiger partial charge in [0.25, 0.3) is 0 Å².